The van der Waals surface area contributed by atoms with Crippen molar-refractivity contribution in [3.63, 3.8) is 0 Å². The third-order valence-electron chi connectivity index (χ3n) is 3.58. The summed E-state index contributed by atoms with van der Waals surface area (Å²) in [5, 5.41) is 18.0. The predicted octanol–water partition coefficient (Wildman–Crippen LogP) is 3.87. The van der Waals surface area contributed by atoms with Gasteiger partial charge >= 0.3 is 0 Å². The second-order valence-corrected chi connectivity index (χ2v) is 7.04. The molecule has 2 aromatic heterocycles. The minimum absolute atomic E-state index is 0. The van der Waals surface area contributed by atoms with E-state index in [1.54, 1.807) is 24.5 Å². The zero-order valence-corrected chi connectivity index (χ0v) is 18.2. The Morgan fingerprint density at radius 1 is 1.35 bits per heavy atom. The predicted molar refractivity (Wildman–Crippen MR) is 117 cm³/mol. The molecule has 1 unspecified atom stereocenters. The highest BCUT2D eigenvalue weighted by Crippen LogP contribution is 2.24. The minimum Gasteiger partial charge on any atom is -0.464 e. The van der Waals surface area contributed by atoms with E-state index in [0.717, 1.165) is 21.0 Å². The average molecular weight is 507 g/mol. The maximum Gasteiger partial charge on any atom is 0.191 e. The van der Waals surface area contributed by atoms with Crippen LogP contribution in [0.1, 0.15) is 22.6 Å². The fourth-order valence-corrected chi connectivity index (χ4v) is 3.38. The lowest BCUT2D eigenvalue weighted by Gasteiger charge is -2.13. The second kappa shape index (κ2) is 9.54. The van der Waals surface area contributed by atoms with Gasteiger partial charge in [-0.15, -0.1) is 35.3 Å². The number of aliphatic hydroxyl groups is 1. The first kappa shape index (κ1) is 20.9. The van der Waals surface area contributed by atoms with Crippen LogP contribution >= 0.6 is 46.9 Å². The average Bonchev–Trinajstić information content (AvgIpc) is 3.20. The van der Waals surface area contributed by atoms with Crippen LogP contribution in [-0.4, -0.2) is 29.6 Å². The normalized spacial score (nSPS) is 12.7. The van der Waals surface area contributed by atoms with E-state index in [9.17, 15) is 5.11 Å². The van der Waals surface area contributed by atoms with Crippen LogP contribution in [0.3, 0.4) is 0 Å². The summed E-state index contributed by atoms with van der Waals surface area (Å²) >= 11 is 7.59. The Hall–Kier alpha value is -1.36. The van der Waals surface area contributed by atoms with Gasteiger partial charge in [0.25, 0.3) is 0 Å². The van der Waals surface area contributed by atoms with E-state index < -0.39 is 6.10 Å². The molecule has 0 saturated carbocycles. The monoisotopic (exact) mass is 506 g/mol. The maximum absolute atomic E-state index is 10.1. The van der Waals surface area contributed by atoms with Crippen LogP contribution in [0.4, 0.5) is 0 Å². The van der Waals surface area contributed by atoms with Crippen molar-refractivity contribution >= 4 is 63.1 Å². The van der Waals surface area contributed by atoms with E-state index in [1.807, 2.05) is 31.2 Å². The van der Waals surface area contributed by atoms with Crippen molar-refractivity contribution in [2.45, 2.75) is 19.6 Å². The summed E-state index contributed by atoms with van der Waals surface area (Å²) in [4.78, 5) is 8.70. The maximum atomic E-state index is 10.1. The molecule has 0 radical (unpaired) electrons. The van der Waals surface area contributed by atoms with Gasteiger partial charge in [-0.25, -0.2) is 4.98 Å². The topological polar surface area (TPSA) is 82.7 Å². The van der Waals surface area contributed by atoms with Crippen molar-refractivity contribution in [3.8, 4) is 0 Å². The summed E-state index contributed by atoms with van der Waals surface area (Å²) in [6.45, 7) is 2.67. The number of aliphatic imine (C=N–C) groups is 1. The van der Waals surface area contributed by atoms with E-state index >= 15 is 0 Å². The number of hydrogen-bond donors (Lipinski definition) is 3. The third-order valence-corrected chi connectivity index (χ3v) is 4.85. The number of nitrogens with zero attached hydrogens (tertiary/aromatic N) is 2. The van der Waals surface area contributed by atoms with Crippen LogP contribution in [0.25, 0.3) is 10.2 Å². The first-order valence-electron chi connectivity index (χ1n) is 7.79. The van der Waals surface area contributed by atoms with E-state index in [4.69, 9.17) is 16.0 Å². The molecular weight excluding hydrogens is 487 g/mol. The molecule has 140 valence electrons. The van der Waals surface area contributed by atoms with E-state index in [1.165, 1.54) is 0 Å². The van der Waals surface area contributed by atoms with Gasteiger partial charge in [0.1, 0.15) is 22.6 Å². The van der Waals surface area contributed by atoms with E-state index in [-0.39, 0.29) is 24.0 Å². The van der Waals surface area contributed by atoms with Gasteiger partial charge in [-0.1, -0.05) is 11.6 Å². The number of guanidine groups is 1. The number of aromatic nitrogens is 1. The quantitative estimate of drug-likeness (QED) is 0.278. The molecule has 1 atom stereocenters. The van der Waals surface area contributed by atoms with Crippen LogP contribution in [0.15, 0.2) is 39.7 Å². The van der Waals surface area contributed by atoms with Gasteiger partial charge in [0.15, 0.2) is 5.96 Å². The molecule has 0 bridgehead atoms. The van der Waals surface area contributed by atoms with Crippen LogP contribution in [0.2, 0.25) is 5.02 Å². The van der Waals surface area contributed by atoms with Gasteiger partial charge in [-0.05, 0) is 37.3 Å². The van der Waals surface area contributed by atoms with Gasteiger partial charge in [-0.2, -0.15) is 0 Å². The second-order valence-electron chi connectivity index (χ2n) is 5.49. The van der Waals surface area contributed by atoms with E-state index in [2.05, 4.69) is 20.6 Å². The first-order valence-corrected chi connectivity index (χ1v) is 8.98. The molecule has 26 heavy (non-hydrogen) atoms. The summed E-state index contributed by atoms with van der Waals surface area (Å²) in [6.07, 6.45) is -0.739. The number of benzene rings is 1. The summed E-state index contributed by atoms with van der Waals surface area (Å²) < 4.78 is 6.50. The highest BCUT2D eigenvalue weighted by Gasteiger charge is 2.12. The number of aryl methyl sites for hydroxylation is 1. The Kier molecular flexibility index (Phi) is 7.69. The number of furan rings is 1. The smallest absolute Gasteiger partial charge is 0.191 e. The molecular formula is C17H20ClIN4O2S. The summed E-state index contributed by atoms with van der Waals surface area (Å²) in [5.74, 6) is 1.88. The lowest BCUT2D eigenvalue weighted by atomic mass is 10.3. The molecule has 0 fully saturated rings. The van der Waals surface area contributed by atoms with Gasteiger partial charge in [0.05, 0.1) is 23.3 Å². The first-order chi connectivity index (χ1) is 12.0. The Bertz CT molecular complexity index is 896. The van der Waals surface area contributed by atoms with Gasteiger partial charge in [0.2, 0.25) is 0 Å². The highest BCUT2D eigenvalue weighted by molar-refractivity contribution is 14.0. The van der Waals surface area contributed by atoms with Crippen LogP contribution < -0.4 is 10.6 Å². The molecule has 0 aliphatic heterocycles. The molecule has 2 heterocycles. The Labute approximate surface area is 177 Å². The van der Waals surface area contributed by atoms with Crippen molar-refractivity contribution in [2.75, 3.05) is 13.6 Å². The summed E-state index contributed by atoms with van der Waals surface area (Å²) in [6, 6.07) is 9.27. The molecule has 3 N–H and O–H groups in total. The number of thiazole rings is 1. The Balaban J connectivity index is 0.00000243. The Morgan fingerprint density at radius 2 is 2.15 bits per heavy atom. The molecule has 0 spiro atoms. The number of fused-ring (bicyclic) bond motifs is 1. The molecule has 9 heteroatoms. The number of nitrogens with one attached hydrogen (secondary N) is 2. The van der Waals surface area contributed by atoms with Gasteiger partial charge < -0.3 is 20.2 Å². The SMILES string of the molecule is CN=C(NCc1nc2cc(Cl)ccc2s1)NCC(O)c1ccc(C)o1.I. The number of halogens is 2. The molecule has 0 aliphatic carbocycles. The summed E-state index contributed by atoms with van der Waals surface area (Å²) in [5.41, 5.74) is 0.890. The van der Waals surface area contributed by atoms with Gasteiger partial charge in [0, 0.05) is 12.1 Å². The van der Waals surface area contributed by atoms with Crippen LogP contribution in [0, 0.1) is 6.92 Å². The van der Waals surface area contributed by atoms with Gasteiger partial charge in [-0.3, -0.25) is 4.99 Å². The van der Waals surface area contributed by atoms with Crippen LogP contribution in [0.5, 0.6) is 0 Å². The standard InChI is InChI=1S/C17H19ClN4O2S.HI/c1-10-3-5-14(24-10)13(23)8-20-17(19-2)21-9-16-22-12-7-11(18)4-6-15(12)25-16;/h3-7,13,23H,8-9H2,1-2H3,(H2,19,20,21);1H. The van der Waals surface area contributed by atoms with Crippen molar-refractivity contribution in [2.24, 2.45) is 4.99 Å². The molecule has 6 nitrogen and oxygen atoms in total. The Morgan fingerprint density at radius 3 is 2.85 bits per heavy atom. The van der Waals surface area contributed by atoms with Crippen molar-refractivity contribution in [1.82, 2.24) is 15.6 Å². The van der Waals surface area contributed by atoms with E-state index in [0.29, 0.717) is 29.8 Å². The zero-order chi connectivity index (χ0) is 17.8. The van der Waals surface area contributed by atoms with Crippen molar-refractivity contribution in [1.29, 1.82) is 0 Å². The van der Waals surface area contributed by atoms with Crippen molar-refractivity contribution in [3.05, 3.63) is 51.9 Å². The van der Waals surface area contributed by atoms with Crippen LogP contribution in [-0.2, 0) is 6.54 Å². The lowest BCUT2D eigenvalue weighted by Crippen LogP contribution is -2.38. The molecule has 1 aromatic carbocycles. The lowest BCUT2D eigenvalue weighted by molar-refractivity contribution is 0.151. The molecule has 0 aliphatic rings. The molecule has 0 saturated heterocycles. The fraction of sp³-hybridized carbons (Fsp3) is 0.294. The number of aliphatic hydroxyl groups excluding tert-OH is 1. The molecule has 0 amide bonds. The third kappa shape index (κ3) is 5.32. The number of hydrogen-bond acceptors (Lipinski definition) is 5. The minimum atomic E-state index is -0.739. The number of rotatable bonds is 5. The summed E-state index contributed by atoms with van der Waals surface area (Å²) in [7, 11) is 1.68. The largest absolute Gasteiger partial charge is 0.464 e. The molecule has 3 rings (SSSR count). The van der Waals surface area contributed by atoms with Crippen molar-refractivity contribution < 1.29 is 9.52 Å². The molecule has 3 aromatic rings. The fourth-order valence-electron chi connectivity index (χ4n) is 2.33. The zero-order valence-electron chi connectivity index (χ0n) is 14.3. The highest BCUT2D eigenvalue weighted by atomic mass is 127.